The van der Waals surface area contributed by atoms with Crippen molar-refractivity contribution >= 4 is 11.9 Å². The number of carbonyl (C=O) groups is 2. The SMILES string of the molecule is CCC[C@H](NC(=O)Cn1nc(C)cc1C)C(=O)O. The summed E-state index contributed by atoms with van der Waals surface area (Å²) in [6.45, 7) is 5.63. The van der Waals surface area contributed by atoms with Gasteiger partial charge in [0.05, 0.1) is 5.69 Å². The van der Waals surface area contributed by atoms with Gasteiger partial charge in [0.25, 0.3) is 0 Å². The van der Waals surface area contributed by atoms with Crippen molar-refractivity contribution in [3.05, 3.63) is 17.5 Å². The fraction of sp³-hybridized carbons (Fsp3) is 0.583. The summed E-state index contributed by atoms with van der Waals surface area (Å²) in [7, 11) is 0. The van der Waals surface area contributed by atoms with Crippen molar-refractivity contribution in [2.45, 2.75) is 46.2 Å². The van der Waals surface area contributed by atoms with E-state index in [0.29, 0.717) is 12.8 Å². The summed E-state index contributed by atoms with van der Waals surface area (Å²) < 4.78 is 1.57. The Labute approximate surface area is 106 Å². The Bertz CT molecular complexity index is 440. The van der Waals surface area contributed by atoms with Crippen LogP contribution >= 0.6 is 0 Å². The zero-order chi connectivity index (χ0) is 13.7. The molecule has 6 nitrogen and oxygen atoms in total. The zero-order valence-electron chi connectivity index (χ0n) is 10.9. The molecular weight excluding hydrogens is 234 g/mol. The molecule has 1 aromatic rings. The first-order valence-corrected chi connectivity index (χ1v) is 5.97. The zero-order valence-corrected chi connectivity index (χ0v) is 10.9. The second-order valence-electron chi connectivity index (χ2n) is 4.33. The largest absolute Gasteiger partial charge is 0.480 e. The van der Waals surface area contributed by atoms with Crippen molar-refractivity contribution in [3.63, 3.8) is 0 Å². The standard InChI is InChI=1S/C12H19N3O3/c1-4-5-10(12(17)18)13-11(16)7-15-9(3)6-8(2)14-15/h6,10H,4-5,7H2,1-3H3,(H,13,16)(H,17,18)/t10-/m0/s1. The number of aromatic nitrogens is 2. The van der Waals surface area contributed by atoms with Crippen molar-refractivity contribution in [1.29, 1.82) is 0 Å². The van der Waals surface area contributed by atoms with Gasteiger partial charge < -0.3 is 10.4 Å². The monoisotopic (exact) mass is 253 g/mol. The number of nitrogens with zero attached hydrogens (tertiary/aromatic N) is 2. The Morgan fingerprint density at radius 3 is 2.61 bits per heavy atom. The highest BCUT2D eigenvalue weighted by Crippen LogP contribution is 2.02. The molecular formula is C12H19N3O3. The van der Waals surface area contributed by atoms with E-state index in [1.807, 2.05) is 26.8 Å². The molecule has 0 bridgehead atoms. The maximum atomic E-state index is 11.7. The molecule has 100 valence electrons. The summed E-state index contributed by atoms with van der Waals surface area (Å²) in [5.74, 6) is -1.33. The molecule has 1 amide bonds. The van der Waals surface area contributed by atoms with Crippen LogP contribution in [-0.4, -0.2) is 32.8 Å². The maximum Gasteiger partial charge on any atom is 0.326 e. The number of hydrogen-bond donors (Lipinski definition) is 2. The number of carboxylic acid groups (broad SMARTS) is 1. The van der Waals surface area contributed by atoms with Gasteiger partial charge in [-0.2, -0.15) is 5.10 Å². The minimum absolute atomic E-state index is 0.0488. The minimum Gasteiger partial charge on any atom is -0.480 e. The maximum absolute atomic E-state index is 11.7. The van der Waals surface area contributed by atoms with Crippen LogP contribution in [0.4, 0.5) is 0 Å². The van der Waals surface area contributed by atoms with E-state index in [-0.39, 0.29) is 12.5 Å². The summed E-state index contributed by atoms with van der Waals surface area (Å²) in [4.78, 5) is 22.6. The van der Waals surface area contributed by atoms with Gasteiger partial charge in [-0.3, -0.25) is 9.48 Å². The van der Waals surface area contributed by atoms with Crippen LogP contribution in [0.5, 0.6) is 0 Å². The first kappa shape index (κ1) is 14.2. The van der Waals surface area contributed by atoms with Crippen LogP contribution in [0.3, 0.4) is 0 Å². The van der Waals surface area contributed by atoms with Gasteiger partial charge >= 0.3 is 5.97 Å². The summed E-state index contributed by atoms with van der Waals surface area (Å²) in [6.07, 6.45) is 1.13. The highest BCUT2D eigenvalue weighted by Gasteiger charge is 2.19. The van der Waals surface area contributed by atoms with Gasteiger partial charge in [-0.1, -0.05) is 13.3 Å². The second-order valence-corrected chi connectivity index (χ2v) is 4.33. The molecule has 0 saturated carbocycles. The van der Waals surface area contributed by atoms with Crippen LogP contribution in [0, 0.1) is 13.8 Å². The van der Waals surface area contributed by atoms with Crippen molar-refractivity contribution in [1.82, 2.24) is 15.1 Å². The predicted molar refractivity (Wildman–Crippen MR) is 66.2 cm³/mol. The predicted octanol–water partition coefficient (Wildman–Crippen LogP) is 0.869. The average Bonchev–Trinajstić information content (AvgIpc) is 2.56. The van der Waals surface area contributed by atoms with Crippen LogP contribution in [0.1, 0.15) is 31.2 Å². The number of hydrogen-bond acceptors (Lipinski definition) is 3. The smallest absolute Gasteiger partial charge is 0.326 e. The molecule has 0 spiro atoms. The summed E-state index contributed by atoms with van der Waals surface area (Å²) in [5.41, 5.74) is 1.72. The number of aryl methyl sites for hydroxylation is 2. The molecule has 0 aliphatic carbocycles. The Hall–Kier alpha value is -1.85. The Morgan fingerprint density at radius 2 is 2.17 bits per heavy atom. The number of aliphatic carboxylic acids is 1. The number of rotatable bonds is 6. The van der Waals surface area contributed by atoms with E-state index >= 15 is 0 Å². The molecule has 1 heterocycles. The molecule has 1 aromatic heterocycles. The average molecular weight is 253 g/mol. The van der Waals surface area contributed by atoms with E-state index in [4.69, 9.17) is 5.11 Å². The van der Waals surface area contributed by atoms with E-state index in [9.17, 15) is 9.59 Å². The van der Waals surface area contributed by atoms with Gasteiger partial charge in [-0.25, -0.2) is 4.79 Å². The highest BCUT2D eigenvalue weighted by atomic mass is 16.4. The molecule has 0 radical (unpaired) electrons. The van der Waals surface area contributed by atoms with Crippen molar-refractivity contribution in [2.75, 3.05) is 0 Å². The normalized spacial score (nSPS) is 12.2. The summed E-state index contributed by atoms with van der Waals surface area (Å²) in [6, 6.07) is 1.05. The van der Waals surface area contributed by atoms with Crippen molar-refractivity contribution in [2.24, 2.45) is 0 Å². The van der Waals surface area contributed by atoms with Crippen LogP contribution in [-0.2, 0) is 16.1 Å². The third kappa shape index (κ3) is 3.87. The molecule has 0 fully saturated rings. The van der Waals surface area contributed by atoms with E-state index in [1.54, 1.807) is 4.68 Å². The highest BCUT2D eigenvalue weighted by molar-refractivity contribution is 5.83. The Kier molecular flexibility index (Phi) is 4.88. The lowest BCUT2D eigenvalue weighted by atomic mass is 10.1. The van der Waals surface area contributed by atoms with Crippen molar-refractivity contribution < 1.29 is 14.7 Å². The van der Waals surface area contributed by atoms with Gasteiger partial charge in [-0.15, -0.1) is 0 Å². The molecule has 0 saturated heterocycles. The quantitative estimate of drug-likeness (QED) is 0.787. The molecule has 1 atom stereocenters. The Morgan fingerprint density at radius 1 is 1.50 bits per heavy atom. The molecule has 0 aliphatic heterocycles. The van der Waals surface area contributed by atoms with E-state index in [1.165, 1.54) is 0 Å². The lowest BCUT2D eigenvalue weighted by Gasteiger charge is -2.13. The number of amides is 1. The van der Waals surface area contributed by atoms with Crippen LogP contribution in [0.15, 0.2) is 6.07 Å². The van der Waals surface area contributed by atoms with Gasteiger partial charge in [0.2, 0.25) is 5.91 Å². The molecule has 18 heavy (non-hydrogen) atoms. The van der Waals surface area contributed by atoms with Crippen LogP contribution < -0.4 is 5.32 Å². The molecule has 0 unspecified atom stereocenters. The number of carboxylic acids is 1. The second kappa shape index (κ2) is 6.18. The topological polar surface area (TPSA) is 84.2 Å². The lowest BCUT2D eigenvalue weighted by Crippen LogP contribution is -2.42. The third-order valence-electron chi connectivity index (χ3n) is 2.61. The van der Waals surface area contributed by atoms with E-state index in [0.717, 1.165) is 11.4 Å². The summed E-state index contributed by atoms with van der Waals surface area (Å²) in [5, 5.41) is 15.6. The van der Waals surface area contributed by atoms with Crippen LogP contribution in [0.2, 0.25) is 0 Å². The fourth-order valence-electron chi connectivity index (χ4n) is 1.76. The molecule has 2 N–H and O–H groups in total. The molecule has 6 heteroatoms. The number of nitrogens with one attached hydrogen (secondary N) is 1. The van der Waals surface area contributed by atoms with Crippen LogP contribution in [0.25, 0.3) is 0 Å². The molecule has 0 aliphatic rings. The van der Waals surface area contributed by atoms with Gasteiger partial charge in [0.1, 0.15) is 12.6 Å². The summed E-state index contributed by atoms with van der Waals surface area (Å²) >= 11 is 0. The fourth-order valence-corrected chi connectivity index (χ4v) is 1.76. The van der Waals surface area contributed by atoms with Gasteiger partial charge in [-0.05, 0) is 26.3 Å². The number of carbonyl (C=O) groups excluding carboxylic acids is 1. The van der Waals surface area contributed by atoms with E-state index in [2.05, 4.69) is 10.4 Å². The third-order valence-corrected chi connectivity index (χ3v) is 2.61. The van der Waals surface area contributed by atoms with Gasteiger partial charge in [0, 0.05) is 5.69 Å². The lowest BCUT2D eigenvalue weighted by molar-refractivity contribution is -0.142. The molecule has 0 aromatic carbocycles. The molecule has 1 rings (SSSR count). The van der Waals surface area contributed by atoms with Crippen molar-refractivity contribution in [3.8, 4) is 0 Å². The Balaban J connectivity index is 2.60. The first-order chi connectivity index (χ1) is 8.43. The van der Waals surface area contributed by atoms with E-state index < -0.39 is 12.0 Å². The minimum atomic E-state index is -1.00. The first-order valence-electron chi connectivity index (χ1n) is 5.97. The van der Waals surface area contributed by atoms with Gasteiger partial charge in [0.15, 0.2) is 0 Å².